The van der Waals surface area contributed by atoms with Crippen LogP contribution in [0, 0.1) is 17.3 Å². The molecule has 0 bridgehead atoms. The summed E-state index contributed by atoms with van der Waals surface area (Å²) in [5.41, 5.74) is 0.180. The van der Waals surface area contributed by atoms with Crippen molar-refractivity contribution < 1.29 is 23.8 Å². The summed E-state index contributed by atoms with van der Waals surface area (Å²) in [4.78, 5) is 42.2. The Bertz CT molecular complexity index is 1090. The van der Waals surface area contributed by atoms with Crippen LogP contribution in [0.15, 0.2) is 18.7 Å². The fraction of sp³-hybridized carbons (Fsp3) is 0.750. The quantitative estimate of drug-likeness (QED) is 0.142. The van der Waals surface area contributed by atoms with E-state index in [4.69, 9.17) is 19.2 Å². The average Bonchev–Trinajstić information content (AvgIpc) is 3.64. The molecule has 2 atom stereocenters. The number of carbonyl (C=O) groups is 2. The van der Waals surface area contributed by atoms with Gasteiger partial charge in [0.15, 0.2) is 11.6 Å². The highest BCUT2D eigenvalue weighted by Gasteiger charge is 2.51. The molecule has 2 aliphatic carbocycles. The fourth-order valence-corrected chi connectivity index (χ4v) is 6.68. The van der Waals surface area contributed by atoms with E-state index in [9.17, 15) is 9.59 Å². The molecule has 0 radical (unpaired) electrons. The Morgan fingerprint density at radius 1 is 1.17 bits per heavy atom. The van der Waals surface area contributed by atoms with Crippen LogP contribution in [0.5, 0.6) is 5.88 Å². The zero-order valence-corrected chi connectivity index (χ0v) is 25.6. The molecule has 2 saturated carbocycles. The van der Waals surface area contributed by atoms with Gasteiger partial charge in [0.2, 0.25) is 17.5 Å². The van der Waals surface area contributed by atoms with Crippen LogP contribution in [0.4, 0.5) is 5.82 Å². The predicted molar refractivity (Wildman–Crippen MR) is 161 cm³/mol. The second-order valence-electron chi connectivity index (χ2n) is 12.7. The number of likely N-dealkylation sites (N-methyl/N-ethyl adjacent to an activating group) is 1. The highest BCUT2D eigenvalue weighted by atomic mass is 16.7. The Labute approximate surface area is 250 Å². The van der Waals surface area contributed by atoms with Crippen molar-refractivity contribution >= 4 is 17.4 Å². The van der Waals surface area contributed by atoms with Gasteiger partial charge in [-0.3, -0.25) is 9.59 Å². The van der Waals surface area contributed by atoms with Crippen molar-refractivity contribution in [2.45, 2.75) is 70.0 Å². The topological polar surface area (TPSA) is 106 Å². The summed E-state index contributed by atoms with van der Waals surface area (Å²) >= 11 is 0. The molecule has 1 unspecified atom stereocenters. The molecule has 5 rings (SSSR count). The van der Waals surface area contributed by atoms with Gasteiger partial charge >= 0.3 is 0 Å². The average molecular weight is 584 g/mol. The number of Topliss-reactive ketones (excluding diaryl/α,β-unsaturated/α-hetero) is 2. The van der Waals surface area contributed by atoms with Gasteiger partial charge in [0, 0.05) is 44.1 Å². The van der Waals surface area contributed by atoms with Gasteiger partial charge in [0.05, 0.1) is 31.7 Å². The molecule has 232 valence electrons. The Hall–Kier alpha value is -2.40. The number of nitrogens with one attached hydrogen (secondary N) is 1. The number of hydrogen-bond donors (Lipinski definition) is 1. The van der Waals surface area contributed by atoms with Gasteiger partial charge in [-0.25, -0.2) is 4.98 Å². The van der Waals surface area contributed by atoms with Crippen LogP contribution >= 0.6 is 0 Å². The zero-order valence-electron chi connectivity index (χ0n) is 25.6. The molecule has 3 heterocycles. The molecule has 0 amide bonds. The number of rotatable bonds is 15. The van der Waals surface area contributed by atoms with E-state index in [0.717, 1.165) is 71.2 Å². The molecule has 10 heteroatoms. The molecule has 10 nitrogen and oxygen atoms in total. The third kappa shape index (κ3) is 7.21. The Kier molecular flexibility index (Phi) is 10.3. The van der Waals surface area contributed by atoms with Crippen LogP contribution in [0.3, 0.4) is 0 Å². The highest BCUT2D eigenvalue weighted by molar-refractivity contribution is 6.10. The molecule has 2 aliphatic heterocycles. The summed E-state index contributed by atoms with van der Waals surface area (Å²) in [5, 5.41) is 3.23. The maximum Gasteiger partial charge on any atom is 0.219 e. The zero-order chi connectivity index (χ0) is 29.6. The van der Waals surface area contributed by atoms with E-state index in [-0.39, 0.29) is 22.8 Å². The monoisotopic (exact) mass is 583 g/mol. The smallest absolute Gasteiger partial charge is 0.219 e. The number of ether oxygens (including phenoxy) is 3. The number of aromatic nitrogens is 2. The van der Waals surface area contributed by atoms with E-state index >= 15 is 0 Å². The number of ketones is 2. The van der Waals surface area contributed by atoms with E-state index in [0.29, 0.717) is 57.2 Å². The lowest BCUT2D eigenvalue weighted by molar-refractivity contribution is -0.212. The SMILES string of the molecule is C=CCCC(C(=O)c1nc(OCC2(CCCNC)CC2)cc(N2CCN(C)CC2)n1)C(=O)[C@H]1CCCCC12OCCO2. The minimum absolute atomic E-state index is 0.0574. The van der Waals surface area contributed by atoms with Gasteiger partial charge in [0.25, 0.3) is 0 Å². The summed E-state index contributed by atoms with van der Waals surface area (Å²) < 4.78 is 18.4. The van der Waals surface area contributed by atoms with Crippen LogP contribution in [0.1, 0.15) is 74.8 Å². The minimum Gasteiger partial charge on any atom is -0.477 e. The lowest BCUT2D eigenvalue weighted by atomic mass is 9.75. The number of anilines is 1. The van der Waals surface area contributed by atoms with E-state index in [2.05, 4.69) is 33.7 Å². The van der Waals surface area contributed by atoms with Crippen molar-refractivity contribution in [3.63, 3.8) is 0 Å². The lowest BCUT2D eigenvalue weighted by Crippen LogP contribution is -2.49. The van der Waals surface area contributed by atoms with Gasteiger partial charge in [-0.1, -0.05) is 12.5 Å². The third-order valence-electron chi connectivity index (χ3n) is 9.59. The van der Waals surface area contributed by atoms with Crippen LogP contribution in [-0.2, 0) is 14.3 Å². The summed E-state index contributed by atoms with van der Waals surface area (Å²) in [5.74, 6) is -1.60. The Balaban J connectivity index is 1.40. The van der Waals surface area contributed by atoms with E-state index in [1.807, 2.05) is 13.1 Å². The molecule has 1 aromatic heterocycles. The first-order chi connectivity index (χ1) is 20.4. The normalized spacial score (nSPS) is 24.0. The van der Waals surface area contributed by atoms with E-state index in [1.165, 1.54) is 0 Å². The molecule has 42 heavy (non-hydrogen) atoms. The molecule has 1 aromatic rings. The number of allylic oxidation sites excluding steroid dienone is 1. The van der Waals surface area contributed by atoms with Crippen LogP contribution < -0.4 is 15.0 Å². The summed E-state index contributed by atoms with van der Waals surface area (Å²) in [7, 11) is 4.08. The van der Waals surface area contributed by atoms with Crippen molar-refractivity contribution in [3.05, 3.63) is 24.5 Å². The van der Waals surface area contributed by atoms with E-state index in [1.54, 1.807) is 6.08 Å². The molecule has 4 aliphatic rings. The molecule has 2 saturated heterocycles. The van der Waals surface area contributed by atoms with Crippen molar-refractivity contribution in [1.82, 2.24) is 20.2 Å². The van der Waals surface area contributed by atoms with Gasteiger partial charge in [-0.2, -0.15) is 4.98 Å². The maximum atomic E-state index is 14.2. The molecular formula is C32H49N5O5. The first kappa shape index (κ1) is 31.0. The predicted octanol–water partition coefficient (Wildman–Crippen LogP) is 3.65. The molecule has 1 spiro atoms. The molecule has 1 N–H and O–H groups in total. The number of carbonyl (C=O) groups excluding carboxylic acids is 2. The summed E-state index contributed by atoms with van der Waals surface area (Å²) in [6, 6.07) is 1.86. The maximum absolute atomic E-state index is 14.2. The van der Waals surface area contributed by atoms with Gasteiger partial charge in [-0.15, -0.1) is 6.58 Å². The standard InChI is InChI=1S/C32H49N5O5/c1-4-5-9-24(28(38)25-10-6-7-12-32(25)41-20-21-42-32)29(39)30-34-26(37-18-16-36(3)17-19-37)22-27(35-30)40-23-31(13-14-31)11-8-15-33-2/h4,22,24-25,33H,1,5-21,23H2,2-3H3/t24?,25-/m1/s1. The van der Waals surface area contributed by atoms with Crippen LogP contribution in [-0.4, -0.2) is 98.9 Å². The Morgan fingerprint density at radius 3 is 2.62 bits per heavy atom. The summed E-state index contributed by atoms with van der Waals surface area (Å²) in [6.07, 6.45) is 10.3. The van der Waals surface area contributed by atoms with Crippen LogP contribution in [0.2, 0.25) is 0 Å². The summed E-state index contributed by atoms with van der Waals surface area (Å²) in [6.45, 7) is 9.76. The molecule has 0 aromatic carbocycles. The first-order valence-corrected chi connectivity index (χ1v) is 16.0. The van der Waals surface area contributed by atoms with Crippen molar-refractivity contribution in [2.75, 3.05) is 71.5 Å². The highest BCUT2D eigenvalue weighted by Crippen LogP contribution is 2.49. The van der Waals surface area contributed by atoms with Crippen molar-refractivity contribution in [1.29, 1.82) is 0 Å². The lowest BCUT2D eigenvalue weighted by Gasteiger charge is -2.39. The minimum atomic E-state index is -0.912. The fourth-order valence-electron chi connectivity index (χ4n) is 6.68. The van der Waals surface area contributed by atoms with E-state index < -0.39 is 17.6 Å². The number of piperazine rings is 1. The largest absolute Gasteiger partial charge is 0.477 e. The Morgan fingerprint density at radius 2 is 1.93 bits per heavy atom. The third-order valence-corrected chi connectivity index (χ3v) is 9.59. The van der Waals surface area contributed by atoms with Gasteiger partial charge in [-0.05, 0) is 72.0 Å². The van der Waals surface area contributed by atoms with Gasteiger partial charge < -0.3 is 29.3 Å². The van der Waals surface area contributed by atoms with Gasteiger partial charge in [0.1, 0.15) is 5.82 Å². The second kappa shape index (κ2) is 13.9. The second-order valence-corrected chi connectivity index (χ2v) is 12.7. The first-order valence-electron chi connectivity index (χ1n) is 16.0. The molecule has 4 fully saturated rings. The van der Waals surface area contributed by atoms with Crippen LogP contribution in [0.25, 0.3) is 0 Å². The van der Waals surface area contributed by atoms with Crippen molar-refractivity contribution in [3.8, 4) is 5.88 Å². The van der Waals surface area contributed by atoms with Crippen molar-refractivity contribution in [2.24, 2.45) is 17.3 Å². The molecular weight excluding hydrogens is 534 g/mol. The number of hydrogen-bond acceptors (Lipinski definition) is 10. The number of nitrogens with zero attached hydrogens (tertiary/aromatic N) is 4.